The number of nitrogens with zero attached hydrogens (tertiary/aromatic N) is 5. The van der Waals surface area contributed by atoms with Crippen LogP contribution in [0.5, 0.6) is 0 Å². The summed E-state index contributed by atoms with van der Waals surface area (Å²) in [6.07, 6.45) is 4.97. The molecule has 12 heteroatoms. The van der Waals surface area contributed by atoms with E-state index in [1.165, 1.54) is 0 Å². The minimum absolute atomic E-state index is 0.0198. The standard InChI is InChI=1S/C21H20N8O3S/c1-23-20-17(14-6-24-7-15-16(14)25-10-29(15)2)27-18(19(22)30)21(28-20)26-13-4-3-11-8-33(31,32)9-12(11)5-13/h3-7,10H,8-9H2,1-2H3,(H2,22,30)(H2,23,26,28). The van der Waals surface area contributed by atoms with Gasteiger partial charge >= 0.3 is 0 Å². The zero-order chi connectivity index (χ0) is 23.3. The summed E-state index contributed by atoms with van der Waals surface area (Å²) in [5.74, 6) is -0.211. The summed E-state index contributed by atoms with van der Waals surface area (Å²) < 4.78 is 25.7. The van der Waals surface area contributed by atoms with E-state index in [0.29, 0.717) is 33.8 Å². The monoisotopic (exact) mass is 464 g/mol. The predicted molar refractivity (Wildman–Crippen MR) is 124 cm³/mol. The number of aromatic nitrogens is 5. The van der Waals surface area contributed by atoms with Gasteiger partial charge in [-0.1, -0.05) is 6.07 Å². The van der Waals surface area contributed by atoms with Crippen molar-refractivity contribution < 1.29 is 13.2 Å². The highest BCUT2D eigenvalue weighted by Gasteiger charge is 2.25. The number of sulfone groups is 1. The minimum Gasteiger partial charge on any atom is -0.371 e. The largest absolute Gasteiger partial charge is 0.371 e. The van der Waals surface area contributed by atoms with Crippen LogP contribution in [-0.2, 0) is 28.4 Å². The molecule has 168 valence electrons. The molecule has 0 aliphatic carbocycles. The molecule has 11 nitrogen and oxygen atoms in total. The van der Waals surface area contributed by atoms with Gasteiger partial charge in [0.05, 0.1) is 35.1 Å². The van der Waals surface area contributed by atoms with Crippen LogP contribution >= 0.6 is 0 Å². The number of hydrogen-bond acceptors (Lipinski definition) is 9. The first-order chi connectivity index (χ1) is 15.8. The molecule has 0 bridgehead atoms. The van der Waals surface area contributed by atoms with E-state index >= 15 is 0 Å². The lowest BCUT2D eigenvalue weighted by atomic mass is 10.1. The Balaban J connectivity index is 1.61. The van der Waals surface area contributed by atoms with Crippen LogP contribution in [-0.4, -0.2) is 45.9 Å². The molecule has 5 rings (SSSR count). The van der Waals surface area contributed by atoms with Crippen LogP contribution in [0.1, 0.15) is 21.6 Å². The Hall–Kier alpha value is -4.06. The molecule has 0 fully saturated rings. The number of primary amides is 1. The molecule has 3 aromatic heterocycles. The maximum absolute atomic E-state index is 12.3. The van der Waals surface area contributed by atoms with Crippen molar-refractivity contribution in [2.75, 3.05) is 17.7 Å². The molecule has 0 spiro atoms. The molecule has 0 saturated heterocycles. The molecule has 1 aliphatic rings. The Kier molecular flexibility index (Phi) is 4.74. The summed E-state index contributed by atoms with van der Waals surface area (Å²) in [5.41, 5.74) is 10.1. The number of amides is 1. The summed E-state index contributed by atoms with van der Waals surface area (Å²) >= 11 is 0. The number of anilines is 3. The zero-order valence-corrected chi connectivity index (χ0v) is 18.6. The summed E-state index contributed by atoms with van der Waals surface area (Å²) in [6.45, 7) is 0. The van der Waals surface area contributed by atoms with Gasteiger partial charge in [-0.3, -0.25) is 9.78 Å². The third-order valence-electron chi connectivity index (χ3n) is 5.48. The quantitative estimate of drug-likeness (QED) is 0.400. The predicted octanol–water partition coefficient (Wildman–Crippen LogP) is 1.74. The summed E-state index contributed by atoms with van der Waals surface area (Å²) in [6, 6.07) is 5.22. The van der Waals surface area contributed by atoms with E-state index in [0.717, 1.165) is 11.1 Å². The minimum atomic E-state index is -3.13. The van der Waals surface area contributed by atoms with Crippen molar-refractivity contribution in [2.45, 2.75) is 11.5 Å². The average Bonchev–Trinajstić information content (AvgIpc) is 3.30. The van der Waals surface area contributed by atoms with Gasteiger partial charge < -0.3 is 20.9 Å². The number of carbonyl (C=O) groups is 1. The van der Waals surface area contributed by atoms with E-state index in [2.05, 4.69) is 30.6 Å². The van der Waals surface area contributed by atoms with Crippen molar-refractivity contribution in [2.24, 2.45) is 12.8 Å². The van der Waals surface area contributed by atoms with Crippen molar-refractivity contribution in [1.82, 2.24) is 24.5 Å². The number of benzene rings is 1. The zero-order valence-electron chi connectivity index (χ0n) is 17.8. The van der Waals surface area contributed by atoms with Crippen LogP contribution in [0, 0.1) is 0 Å². The number of hydrogen-bond donors (Lipinski definition) is 3. The van der Waals surface area contributed by atoms with Crippen molar-refractivity contribution in [3.63, 3.8) is 0 Å². The summed E-state index contributed by atoms with van der Waals surface area (Å²) in [4.78, 5) is 30.0. The molecule has 0 radical (unpaired) electrons. The maximum Gasteiger partial charge on any atom is 0.271 e. The number of aryl methyl sites for hydroxylation is 1. The molecule has 1 aliphatic heterocycles. The highest BCUT2D eigenvalue weighted by Crippen LogP contribution is 2.33. The van der Waals surface area contributed by atoms with Crippen LogP contribution in [0.3, 0.4) is 0 Å². The van der Waals surface area contributed by atoms with Gasteiger partial charge in [0.25, 0.3) is 5.91 Å². The molecule has 4 N–H and O–H groups in total. The van der Waals surface area contributed by atoms with Gasteiger partial charge in [0.1, 0.15) is 11.2 Å². The van der Waals surface area contributed by atoms with E-state index < -0.39 is 15.7 Å². The number of carbonyl (C=O) groups excluding carboxylic acids is 1. The summed E-state index contributed by atoms with van der Waals surface area (Å²) in [7, 11) is 0.411. The second-order valence-corrected chi connectivity index (χ2v) is 9.85. The molecule has 1 amide bonds. The Bertz CT molecular complexity index is 1540. The number of nitrogens with one attached hydrogen (secondary N) is 2. The SMILES string of the molecule is CNc1nc(Nc2ccc3c(c2)CS(=O)(=O)C3)c(C(N)=O)nc1-c1cncc2c1ncn2C. The first kappa shape index (κ1) is 20.8. The maximum atomic E-state index is 12.3. The molecular formula is C21H20N8O3S. The smallest absolute Gasteiger partial charge is 0.271 e. The van der Waals surface area contributed by atoms with E-state index in [1.54, 1.807) is 44.0 Å². The van der Waals surface area contributed by atoms with E-state index in [1.807, 2.05) is 11.6 Å². The topological polar surface area (TPSA) is 158 Å². The van der Waals surface area contributed by atoms with Crippen molar-refractivity contribution in [3.05, 3.63) is 53.7 Å². The fourth-order valence-electron chi connectivity index (χ4n) is 3.91. The van der Waals surface area contributed by atoms with Crippen LogP contribution in [0.25, 0.3) is 22.3 Å². The van der Waals surface area contributed by atoms with E-state index in [4.69, 9.17) is 5.73 Å². The Morgan fingerprint density at radius 3 is 2.67 bits per heavy atom. The molecule has 0 atom stereocenters. The van der Waals surface area contributed by atoms with Gasteiger partial charge in [-0.2, -0.15) is 0 Å². The molecule has 0 unspecified atom stereocenters. The normalized spacial score (nSPS) is 14.2. The fourth-order valence-corrected chi connectivity index (χ4v) is 5.51. The van der Waals surface area contributed by atoms with E-state index in [9.17, 15) is 13.2 Å². The highest BCUT2D eigenvalue weighted by atomic mass is 32.2. The van der Waals surface area contributed by atoms with Gasteiger partial charge in [-0.15, -0.1) is 0 Å². The Labute approximate surface area is 189 Å². The van der Waals surface area contributed by atoms with Gasteiger partial charge in [-0.05, 0) is 23.3 Å². The molecule has 0 saturated carbocycles. The molecule has 4 heterocycles. The second kappa shape index (κ2) is 7.52. The molecule has 33 heavy (non-hydrogen) atoms. The molecule has 4 aromatic rings. The van der Waals surface area contributed by atoms with Crippen LogP contribution in [0.2, 0.25) is 0 Å². The first-order valence-corrected chi connectivity index (χ1v) is 11.8. The van der Waals surface area contributed by atoms with Gasteiger partial charge in [0, 0.05) is 26.0 Å². The van der Waals surface area contributed by atoms with Crippen molar-refractivity contribution in [3.8, 4) is 11.3 Å². The third kappa shape index (κ3) is 3.63. The number of rotatable bonds is 5. The van der Waals surface area contributed by atoms with Crippen LogP contribution in [0.4, 0.5) is 17.3 Å². The lowest BCUT2D eigenvalue weighted by Gasteiger charge is -2.15. The van der Waals surface area contributed by atoms with Crippen LogP contribution < -0.4 is 16.4 Å². The Morgan fingerprint density at radius 2 is 1.91 bits per heavy atom. The Morgan fingerprint density at radius 1 is 1.12 bits per heavy atom. The van der Waals surface area contributed by atoms with Gasteiger partial charge in [0.2, 0.25) is 0 Å². The number of fused-ring (bicyclic) bond motifs is 2. The number of nitrogens with two attached hydrogens (primary N) is 1. The lowest BCUT2D eigenvalue weighted by molar-refractivity contribution is 0.0996. The number of pyridine rings is 1. The first-order valence-electron chi connectivity index (χ1n) is 10.00. The molecular weight excluding hydrogens is 444 g/mol. The molecule has 1 aromatic carbocycles. The highest BCUT2D eigenvalue weighted by molar-refractivity contribution is 7.90. The third-order valence-corrected chi connectivity index (χ3v) is 6.98. The second-order valence-electron chi connectivity index (χ2n) is 7.78. The fraction of sp³-hybridized carbons (Fsp3) is 0.190. The van der Waals surface area contributed by atoms with Gasteiger partial charge in [0.15, 0.2) is 27.2 Å². The summed E-state index contributed by atoms with van der Waals surface area (Å²) in [5, 5.41) is 6.06. The average molecular weight is 465 g/mol. The van der Waals surface area contributed by atoms with Crippen molar-refractivity contribution >= 4 is 44.1 Å². The van der Waals surface area contributed by atoms with E-state index in [-0.39, 0.29) is 23.0 Å². The lowest BCUT2D eigenvalue weighted by Crippen LogP contribution is -2.18. The van der Waals surface area contributed by atoms with Crippen molar-refractivity contribution in [1.29, 1.82) is 0 Å². The van der Waals surface area contributed by atoms with Gasteiger partial charge in [-0.25, -0.2) is 23.4 Å². The van der Waals surface area contributed by atoms with Crippen LogP contribution in [0.15, 0.2) is 36.9 Å². The number of imidazole rings is 1.